The van der Waals surface area contributed by atoms with Crippen LogP contribution in [-0.2, 0) is 0 Å². The summed E-state index contributed by atoms with van der Waals surface area (Å²) in [6.07, 6.45) is 15.5. The number of anilines is 1. The van der Waals surface area contributed by atoms with Crippen molar-refractivity contribution < 1.29 is 0 Å². The summed E-state index contributed by atoms with van der Waals surface area (Å²) >= 11 is 0. The van der Waals surface area contributed by atoms with Gasteiger partial charge in [0.1, 0.15) is 0 Å². The van der Waals surface area contributed by atoms with E-state index in [9.17, 15) is 0 Å². The smallest absolute Gasteiger partial charge is 0.0601 e. The lowest BCUT2D eigenvalue weighted by Crippen LogP contribution is -2.50. The van der Waals surface area contributed by atoms with E-state index < -0.39 is 0 Å². The molecule has 0 saturated heterocycles. The number of para-hydroxylation sites is 3. The van der Waals surface area contributed by atoms with Crippen molar-refractivity contribution in [1.82, 2.24) is 4.57 Å². The number of hydrogen-bond acceptors (Lipinski definition) is 1. The van der Waals surface area contributed by atoms with Gasteiger partial charge in [-0.2, -0.15) is 0 Å². The Kier molecular flexibility index (Phi) is 7.86. The van der Waals surface area contributed by atoms with Crippen molar-refractivity contribution in [3.63, 3.8) is 0 Å². The van der Waals surface area contributed by atoms with Crippen molar-refractivity contribution in [1.29, 1.82) is 0 Å². The monoisotopic (exact) mass is 730 g/mol. The minimum atomic E-state index is -0.157. The van der Waals surface area contributed by atoms with Crippen molar-refractivity contribution in [3.05, 3.63) is 229 Å². The van der Waals surface area contributed by atoms with E-state index in [2.05, 4.69) is 229 Å². The first-order valence-electron chi connectivity index (χ1n) is 20.1. The Labute approximate surface area is 334 Å². The van der Waals surface area contributed by atoms with Crippen LogP contribution < -0.4 is 4.90 Å². The van der Waals surface area contributed by atoms with Crippen LogP contribution in [0.4, 0.5) is 5.69 Å². The highest BCUT2D eigenvalue weighted by molar-refractivity contribution is 6.10. The highest BCUT2D eigenvalue weighted by Gasteiger charge is 2.45. The largest absolute Gasteiger partial charge is 0.355 e. The zero-order valence-electron chi connectivity index (χ0n) is 32.0. The van der Waals surface area contributed by atoms with E-state index in [0.29, 0.717) is 0 Å². The molecule has 0 N–H and O–H groups in total. The summed E-state index contributed by atoms with van der Waals surface area (Å²) in [7, 11) is 0. The summed E-state index contributed by atoms with van der Waals surface area (Å²) < 4.78 is 2.45. The zero-order valence-corrected chi connectivity index (χ0v) is 32.0. The minimum absolute atomic E-state index is 0.157. The lowest BCUT2D eigenvalue weighted by molar-refractivity contribution is 0.484. The normalized spacial score (nSPS) is 19.7. The molecule has 2 aliphatic carbocycles. The lowest BCUT2D eigenvalue weighted by Gasteiger charge is -2.44. The number of benzene rings is 7. The molecule has 0 bridgehead atoms. The molecule has 1 aliphatic heterocycles. The fourth-order valence-corrected chi connectivity index (χ4v) is 9.69. The number of hydrogen-bond donors (Lipinski definition) is 0. The van der Waals surface area contributed by atoms with E-state index >= 15 is 0 Å². The van der Waals surface area contributed by atoms with Gasteiger partial charge in [-0.3, -0.25) is 0 Å². The van der Waals surface area contributed by atoms with Gasteiger partial charge >= 0.3 is 0 Å². The molecule has 8 aromatic rings. The van der Waals surface area contributed by atoms with Gasteiger partial charge in [0.05, 0.1) is 28.3 Å². The van der Waals surface area contributed by atoms with Crippen molar-refractivity contribution in [2.24, 2.45) is 0 Å². The van der Waals surface area contributed by atoms with Gasteiger partial charge in [-0.25, -0.2) is 0 Å². The van der Waals surface area contributed by atoms with E-state index in [1.165, 1.54) is 83.3 Å². The predicted octanol–water partition coefficient (Wildman–Crippen LogP) is 13.8. The second-order valence-electron chi connectivity index (χ2n) is 15.9. The van der Waals surface area contributed by atoms with Crippen molar-refractivity contribution >= 4 is 38.6 Å². The van der Waals surface area contributed by atoms with Gasteiger partial charge in [-0.15, -0.1) is 0 Å². The maximum absolute atomic E-state index is 2.68. The fourth-order valence-electron chi connectivity index (χ4n) is 9.69. The van der Waals surface area contributed by atoms with Crippen LogP contribution in [0, 0.1) is 0 Å². The van der Waals surface area contributed by atoms with Crippen LogP contribution in [0.25, 0.3) is 60.9 Å². The van der Waals surface area contributed by atoms with Gasteiger partial charge in [0.25, 0.3) is 0 Å². The second kappa shape index (κ2) is 13.4. The molecule has 3 unspecified atom stereocenters. The Morgan fingerprint density at radius 3 is 1.93 bits per heavy atom. The summed E-state index contributed by atoms with van der Waals surface area (Å²) in [4.78, 5) is 2.68. The SMILES string of the molecule is CC1(N2c3ccccc3C3C=C(c4ccc5c(c4)c4ccccc4n5-c4ccccc4-c4ccccc4)C=CC32)C=CC(c2ccc(-c3ccccc3)cc2)=CC1. The minimum Gasteiger partial charge on any atom is -0.355 e. The molecule has 0 amide bonds. The number of rotatable bonds is 6. The van der Waals surface area contributed by atoms with E-state index in [1.807, 2.05) is 0 Å². The first-order valence-corrected chi connectivity index (χ1v) is 20.1. The molecule has 11 rings (SSSR count). The molecule has 7 aromatic carbocycles. The molecular formula is C55H42N2. The number of allylic oxidation sites excluding steroid dienone is 4. The maximum Gasteiger partial charge on any atom is 0.0601 e. The van der Waals surface area contributed by atoms with Crippen LogP contribution in [0.15, 0.2) is 212 Å². The number of aromatic nitrogens is 1. The third kappa shape index (κ3) is 5.55. The van der Waals surface area contributed by atoms with Crippen LogP contribution >= 0.6 is 0 Å². The third-order valence-corrected chi connectivity index (χ3v) is 12.5. The van der Waals surface area contributed by atoms with Crippen LogP contribution in [0.5, 0.6) is 0 Å². The van der Waals surface area contributed by atoms with E-state index in [1.54, 1.807) is 0 Å². The molecule has 3 atom stereocenters. The zero-order chi connectivity index (χ0) is 37.9. The van der Waals surface area contributed by atoms with Crippen LogP contribution in [0.3, 0.4) is 0 Å². The highest BCUT2D eigenvalue weighted by atomic mass is 15.2. The molecule has 272 valence electrons. The number of fused-ring (bicyclic) bond motifs is 6. The Morgan fingerprint density at radius 2 is 1.14 bits per heavy atom. The van der Waals surface area contributed by atoms with Gasteiger partial charge in [0.2, 0.25) is 0 Å². The number of nitrogens with zero attached hydrogens (tertiary/aromatic N) is 2. The standard InChI is InChI=1S/C55H42N2/c1-55(34-32-41(33-35-55)40-26-24-39(25-27-40)38-14-4-2-5-15-38)57-53-23-13-10-20-47(53)49-37-44(29-31-54(49)57)43-28-30-52-48(36-43)46-19-9-12-22-51(46)56(52)50-21-11-8-18-45(50)42-16-6-3-7-17-42/h2-34,36-37,49,54H,35H2,1H3. The fraction of sp³-hybridized carbons (Fsp3) is 0.0909. The highest BCUT2D eigenvalue weighted by Crippen LogP contribution is 2.51. The average molecular weight is 731 g/mol. The van der Waals surface area contributed by atoms with E-state index in [0.717, 1.165) is 6.42 Å². The van der Waals surface area contributed by atoms with Crippen molar-refractivity contribution in [2.75, 3.05) is 4.90 Å². The molecule has 0 radical (unpaired) electrons. The van der Waals surface area contributed by atoms with E-state index in [-0.39, 0.29) is 17.5 Å². The molecule has 2 heteroatoms. The molecule has 2 heterocycles. The predicted molar refractivity (Wildman–Crippen MR) is 241 cm³/mol. The molecule has 0 saturated carbocycles. The topological polar surface area (TPSA) is 8.17 Å². The molecule has 57 heavy (non-hydrogen) atoms. The molecule has 3 aliphatic rings. The van der Waals surface area contributed by atoms with E-state index in [4.69, 9.17) is 0 Å². The average Bonchev–Trinajstić information content (AvgIpc) is 3.80. The van der Waals surface area contributed by atoms with Gasteiger partial charge in [0, 0.05) is 27.9 Å². The van der Waals surface area contributed by atoms with Crippen LogP contribution in [0.2, 0.25) is 0 Å². The Hall–Kier alpha value is -6.90. The van der Waals surface area contributed by atoms with Crippen molar-refractivity contribution in [3.8, 4) is 27.9 Å². The quantitative estimate of drug-likeness (QED) is 0.165. The third-order valence-electron chi connectivity index (χ3n) is 12.5. The lowest BCUT2D eigenvalue weighted by atomic mass is 9.83. The molecule has 1 aromatic heterocycles. The van der Waals surface area contributed by atoms with Crippen LogP contribution in [0.1, 0.15) is 36.0 Å². The molecule has 0 fully saturated rings. The summed E-state index contributed by atoms with van der Waals surface area (Å²) in [6.45, 7) is 2.40. The van der Waals surface area contributed by atoms with Gasteiger partial charge in [-0.1, -0.05) is 182 Å². The summed E-state index contributed by atoms with van der Waals surface area (Å²) in [5.41, 5.74) is 16.2. The second-order valence-corrected chi connectivity index (χ2v) is 15.9. The Bertz CT molecular complexity index is 2940. The molecule has 0 spiro atoms. The summed E-state index contributed by atoms with van der Waals surface area (Å²) in [6, 6.07) is 64.3. The first kappa shape index (κ1) is 33.4. The van der Waals surface area contributed by atoms with Gasteiger partial charge in [-0.05, 0) is 88.2 Å². The van der Waals surface area contributed by atoms with Crippen molar-refractivity contribution in [2.45, 2.75) is 30.8 Å². The Morgan fingerprint density at radius 1 is 0.509 bits per heavy atom. The molecule has 2 nitrogen and oxygen atoms in total. The van der Waals surface area contributed by atoms with Gasteiger partial charge in [0.15, 0.2) is 0 Å². The first-order chi connectivity index (χ1) is 28.1. The summed E-state index contributed by atoms with van der Waals surface area (Å²) in [5, 5.41) is 2.54. The molecular weight excluding hydrogens is 689 g/mol. The summed E-state index contributed by atoms with van der Waals surface area (Å²) in [5.74, 6) is 0.261. The van der Waals surface area contributed by atoms with Gasteiger partial charge < -0.3 is 9.47 Å². The maximum atomic E-state index is 2.68. The van der Waals surface area contributed by atoms with Crippen LogP contribution in [-0.4, -0.2) is 16.1 Å². The Balaban J connectivity index is 0.923.